The molecule has 10 heteroatoms. The molecular weight excluding hydrogens is 565 g/mol. The molecule has 1 fully saturated rings. The molecular formula is C28H23Cl2NO5S2. The van der Waals surface area contributed by atoms with Crippen LogP contribution in [-0.4, -0.2) is 34.8 Å². The summed E-state index contributed by atoms with van der Waals surface area (Å²) in [5.41, 5.74) is 2.10. The fourth-order valence-corrected chi connectivity index (χ4v) is 5.56. The van der Waals surface area contributed by atoms with Crippen molar-refractivity contribution in [3.05, 3.63) is 98.4 Å². The molecule has 0 bridgehead atoms. The van der Waals surface area contributed by atoms with Crippen molar-refractivity contribution in [3.63, 3.8) is 0 Å². The third-order valence-electron chi connectivity index (χ3n) is 5.59. The smallest absolute Gasteiger partial charge is 0.333 e. The Morgan fingerprint density at radius 2 is 1.82 bits per heavy atom. The fraction of sp³-hybridized carbons (Fsp3) is 0.179. The molecule has 1 saturated heterocycles. The molecule has 1 unspecified atom stereocenters. The average Bonchev–Trinajstić information content (AvgIpc) is 3.17. The SMILES string of the molecule is CCOc1cc(/C=C2\SC(=S)N(C(C(=O)OC)c3ccccc3)C2=O)ccc1OCc1ccc(Cl)cc1Cl. The van der Waals surface area contributed by atoms with Crippen LogP contribution in [0.4, 0.5) is 0 Å². The van der Waals surface area contributed by atoms with E-state index < -0.39 is 12.0 Å². The van der Waals surface area contributed by atoms with E-state index in [0.717, 1.165) is 17.3 Å². The molecule has 3 aromatic rings. The van der Waals surface area contributed by atoms with Gasteiger partial charge in [-0.2, -0.15) is 0 Å². The number of methoxy groups -OCH3 is 1. The zero-order valence-corrected chi connectivity index (χ0v) is 23.6. The largest absolute Gasteiger partial charge is 0.490 e. The molecule has 0 saturated carbocycles. The quantitative estimate of drug-likeness (QED) is 0.150. The molecule has 1 atom stereocenters. The third-order valence-corrected chi connectivity index (χ3v) is 7.50. The number of amides is 1. The van der Waals surface area contributed by atoms with Gasteiger partial charge in [-0.25, -0.2) is 4.79 Å². The third kappa shape index (κ3) is 6.32. The van der Waals surface area contributed by atoms with Crippen molar-refractivity contribution >= 4 is 69.5 Å². The van der Waals surface area contributed by atoms with Crippen LogP contribution in [0, 0.1) is 0 Å². The Morgan fingerprint density at radius 1 is 1.05 bits per heavy atom. The van der Waals surface area contributed by atoms with Gasteiger partial charge < -0.3 is 14.2 Å². The summed E-state index contributed by atoms with van der Waals surface area (Å²) in [5, 5.41) is 1.06. The van der Waals surface area contributed by atoms with Gasteiger partial charge in [0.2, 0.25) is 0 Å². The van der Waals surface area contributed by atoms with Gasteiger partial charge in [-0.1, -0.05) is 89.6 Å². The summed E-state index contributed by atoms with van der Waals surface area (Å²) in [6, 6.07) is 18.5. The Hall–Kier alpha value is -3.04. The predicted molar refractivity (Wildman–Crippen MR) is 155 cm³/mol. The zero-order valence-electron chi connectivity index (χ0n) is 20.5. The molecule has 1 amide bonds. The first-order valence-corrected chi connectivity index (χ1v) is 13.5. The van der Waals surface area contributed by atoms with E-state index in [1.807, 2.05) is 19.1 Å². The van der Waals surface area contributed by atoms with E-state index in [9.17, 15) is 9.59 Å². The highest BCUT2D eigenvalue weighted by Crippen LogP contribution is 2.39. The standard InChI is InChI=1S/C28H23Cl2NO5S2/c1-3-35-23-13-17(9-12-22(23)36-16-19-10-11-20(29)15-21(19)30)14-24-26(32)31(28(37)38-24)25(27(33)34-2)18-7-5-4-6-8-18/h4-15,25H,3,16H2,1-2H3/b24-14-. The van der Waals surface area contributed by atoms with Gasteiger partial charge in [-0.05, 0) is 48.4 Å². The molecule has 38 heavy (non-hydrogen) atoms. The number of thioether (sulfide) groups is 1. The maximum atomic E-state index is 13.4. The van der Waals surface area contributed by atoms with E-state index in [0.29, 0.717) is 44.2 Å². The summed E-state index contributed by atoms with van der Waals surface area (Å²) in [6.45, 7) is 2.51. The number of hydrogen-bond acceptors (Lipinski definition) is 7. The minimum absolute atomic E-state index is 0.225. The fourth-order valence-electron chi connectivity index (χ4n) is 3.79. The van der Waals surface area contributed by atoms with Crippen LogP contribution in [0.3, 0.4) is 0 Å². The number of rotatable bonds is 9. The van der Waals surface area contributed by atoms with E-state index >= 15 is 0 Å². The van der Waals surface area contributed by atoms with Crippen molar-refractivity contribution < 1.29 is 23.8 Å². The maximum absolute atomic E-state index is 13.4. The van der Waals surface area contributed by atoms with Crippen molar-refractivity contribution in [3.8, 4) is 11.5 Å². The van der Waals surface area contributed by atoms with Crippen LogP contribution in [0.25, 0.3) is 6.08 Å². The minimum Gasteiger partial charge on any atom is -0.490 e. The molecule has 0 N–H and O–H groups in total. The first kappa shape index (κ1) is 28.0. The zero-order chi connectivity index (χ0) is 27.2. The van der Waals surface area contributed by atoms with E-state index in [1.165, 1.54) is 12.0 Å². The van der Waals surface area contributed by atoms with Crippen LogP contribution >= 0.6 is 47.2 Å². The van der Waals surface area contributed by atoms with Gasteiger partial charge in [-0.3, -0.25) is 9.69 Å². The van der Waals surface area contributed by atoms with Crippen LogP contribution in [0.1, 0.15) is 29.7 Å². The van der Waals surface area contributed by atoms with Gasteiger partial charge in [0, 0.05) is 15.6 Å². The number of carbonyl (C=O) groups is 2. The van der Waals surface area contributed by atoms with Gasteiger partial charge in [0.1, 0.15) is 10.9 Å². The summed E-state index contributed by atoms with van der Waals surface area (Å²) < 4.78 is 17.0. The predicted octanol–water partition coefficient (Wildman–Crippen LogP) is 7.09. The second-order valence-corrected chi connectivity index (χ2v) is 10.6. The molecule has 0 aliphatic carbocycles. The van der Waals surface area contributed by atoms with Crippen molar-refractivity contribution in [2.45, 2.75) is 19.6 Å². The lowest BCUT2D eigenvalue weighted by molar-refractivity contribution is -0.148. The number of nitrogens with zero attached hydrogens (tertiary/aromatic N) is 1. The van der Waals surface area contributed by atoms with Gasteiger partial charge in [0.05, 0.1) is 18.6 Å². The Kier molecular flexibility index (Phi) is 9.33. The molecule has 196 valence electrons. The number of halogens is 2. The Labute approximate surface area is 240 Å². The molecule has 0 radical (unpaired) electrons. The summed E-state index contributed by atoms with van der Waals surface area (Å²) >= 11 is 18.9. The van der Waals surface area contributed by atoms with E-state index in [1.54, 1.807) is 60.7 Å². The van der Waals surface area contributed by atoms with Crippen molar-refractivity contribution in [2.24, 2.45) is 0 Å². The van der Waals surface area contributed by atoms with Crippen LogP contribution in [0.15, 0.2) is 71.6 Å². The summed E-state index contributed by atoms with van der Waals surface area (Å²) in [4.78, 5) is 27.7. The first-order valence-electron chi connectivity index (χ1n) is 11.6. The van der Waals surface area contributed by atoms with E-state index in [-0.39, 0.29) is 16.8 Å². The van der Waals surface area contributed by atoms with Gasteiger partial charge in [-0.15, -0.1) is 0 Å². The molecule has 6 nitrogen and oxygen atoms in total. The van der Waals surface area contributed by atoms with Crippen molar-refractivity contribution in [1.82, 2.24) is 4.90 Å². The number of ether oxygens (including phenoxy) is 3. The molecule has 0 aromatic heterocycles. The van der Waals surface area contributed by atoms with Gasteiger partial charge >= 0.3 is 5.97 Å². The minimum atomic E-state index is -0.978. The average molecular weight is 589 g/mol. The molecule has 1 aliphatic rings. The van der Waals surface area contributed by atoms with E-state index in [4.69, 9.17) is 49.6 Å². The maximum Gasteiger partial charge on any atom is 0.333 e. The van der Waals surface area contributed by atoms with Gasteiger partial charge in [0.15, 0.2) is 17.5 Å². The second-order valence-electron chi connectivity index (χ2n) is 8.05. The highest BCUT2D eigenvalue weighted by atomic mass is 35.5. The van der Waals surface area contributed by atoms with Crippen LogP contribution in [0.2, 0.25) is 10.0 Å². The number of carbonyl (C=O) groups excluding carboxylic acids is 2. The Balaban J connectivity index is 1.58. The normalized spacial score (nSPS) is 15.1. The number of thiocarbonyl (C=S) groups is 1. The molecule has 1 heterocycles. The summed E-state index contributed by atoms with van der Waals surface area (Å²) in [7, 11) is 1.28. The monoisotopic (exact) mass is 587 g/mol. The lowest BCUT2D eigenvalue weighted by Gasteiger charge is -2.24. The molecule has 4 rings (SSSR count). The van der Waals surface area contributed by atoms with Crippen molar-refractivity contribution in [1.29, 1.82) is 0 Å². The highest BCUT2D eigenvalue weighted by molar-refractivity contribution is 8.26. The Bertz CT molecular complexity index is 1400. The lowest BCUT2D eigenvalue weighted by atomic mass is 10.1. The highest BCUT2D eigenvalue weighted by Gasteiger charge is 2.41. The van der Waals surface area contributed by atoms with Gasteiger partial charge in [0.25, 0.3) is 5.91 Å². The van der Waals surface area contributed by atoms with E-state index in [2.05, 4.69) is 0 Å². The lowest BCUT2D eigenvalue weighted by Crippen LogP contribution is -2.37. The topological polar surface area (TPSA) is 65.1 Å². The Morgan fingerprint density at radius 3 is 2.50 bits per heavy atom. The van der Waals surface area contributed by atoms with Crippen LogP contribution in [-0.2, 0) is 20.9 Å². The van der Waals surface area contributed by atoms with Crippen molar-refractivity contribution in [2.75, 3.05) is 13.7 Å². The number of hydrogen-bond donors (Lipinski definition) is 0. The molecule has 3 aromatic carbocycles. The molecule has 1 aliphatic heterocycles. The first-order chi connectivity index (χ1) is 18.3. The summed E-state index contributed by atoms with van der Waals surface area (Å²) in [5.74, 6) is 0.0838. The van der Waals surface area contributed by atoms with Crippen LogP contribution < -0.4 is 9.47 Å². The van der Waals surface area contributed by atoms with Crippen LogP contribution in [0.5, 0.6) is 11.5 Å². The molecule has 0 spiro atoms. The number of benzene rings is 3. The second kappa shape index (κ2) is 12.7. The summed E-state index contributed by atoms with van der Waals surface area (Å²) in [6.07, 6.45) is 1.71. The number of esters is 1.